The second-order valence-electron chi connectivity index (χ2n) is 6.20. The van der Waals surface area contributed by atoms with E-state index in [4.69, 9.17) is 9.84 Å². The smallest absolute Gasteiger partial charge is 0.317 e. The fourth-order valence-corrected chi connectivity index (χ4v) is 3.34. The summed E-state index contributed by atoms with van der Waals surface area (Å²) in [5.74, 6) is -3.87. The summed E-state index contributed by atoms with van der Waals surface area (Å²) in [6.45, 7) is 1.93. The zero-order valence-corrected chi connectivity index (χ0v) is 15.2. The van der Waals surface area contributed by atoms with Gasteiger partial charge >= 0.3 is 5.97 Å². The van der Waals surface area contributed by atoms with Crippen molar-refractivity contribution in [2.75, 3.05) is 26.2 Å². The van der Waals surface area contributed by atoms with Gasteiger partial charge in [0.05, 0.1) is 19.7 Å². The average molecular weight is 406 g/mol. The number of halogens is 3. The fraction of sp³-hybridized carbons (Fsp3) is 0.588. The molecule has 1 atom stereocenters. The van der Waals surface area contributed by atoms with Crippen LogP contribution in [-0.4, -0.2) is 48.1 Å². The van der Waals surface area contributed by atoms with E-state index in [1.807, 2.05) is 25.1 Å². The number of benzene rings is 1. The van der Waals surface area contributed by atoms with E-state index in [9.17, 15) is 13.6 Å². The van der Waals surface area contributed by atoms with Crippen LogP contribution in [0.1, 0.15) is 24.8 Å². The number of piperidine rings is 1. The molecule has 1 N–H and O–H groups in total. The van der Waals surface area contributed by atoms with Crippen molar-refractivity contribution in [3.05, 3.63) is 28.2 Å². The molecule has 1 heterocycles. The summed E-state index contributed by atoms with van der Waals surface area (Å²) in [4.78, 5) is 12.0. The number of carbonyl (C=O) groups is 1. The molecule has 1 unspecified atom stereocenters. The molecule has 1 aliphatic rings. The highest BCUT2D eigenvalue weighted by Crippen LogP contribution is 2.36. The number of nitrogens with zero attached hydrogens (tertiary/aromatic N) is 1. The lowest BCUT2D eigenvalue weighted by atomic mass is 9.89. The standard InChI is InChI=1S/C17H22BrF2NO3/c1-12-14(18)5-2-6-15(12)24-9-3-4-13-7-8-21(10-16(22)23)11-17(13,19)20/h2,5-6,13H,3-4,7-11H2,1H3,(H,22,23). The summed E-state index contributed by atoms with van der Waals surface area (Å²) in [6.07, 6.45) is 1.24. The molecule has 7 heteroatoms. The molecule has 0 aliphatic carbocycles. The number of ether oxygens (including phenoxy) is 1. The minimum Gasteiger partial charge on any atom is -0.493 e. The number of aliphatic carboxylic acids is 1. The van der Waals surface area contributed by atoms with Crippen molar-refractivity contribution >= 4 is 21.9 Å². The Balaban J connectivity index is 1.78. The van der Waals surface area contributed by atoms with Gasteiger partial charge in [0.25, 0.3) is 5.92 Å². The zero-order chi connectivity index (χ0) is 17.7. The molecule has 1 fully saturated rings. The third-order valence-corrected chi connectivity index (χ3v) is 5.22. The van der Waals surface area contributed by atoms with E-state index < -0.39 is 24.4 Å². The SMILES string of the molecule is Cc1c(Br)cccc1OCCCC1CCN(CC(=O)O)CC1(F)F. The summed E-state index contributed by atoms with van der Waals surface area (Å²) in [6, 6.07) is 5.66. The first-order valence-corrected chi connectivity index (χ1v) is 8.79. The van der Waals surface area contributed by atoms with Crippen LogP contribution in [0.4, 0.5) is 8.78 Å². The topological polar surface area (TPSA) is 49.8 Å². The highest BCUT2D eigenvalue weighted by molar-refractivity contribution is 9.10. The quantitative estimate of drug-likeness (QED) is 0.697. The van der Waals surface area contributed by atoms with Gasteiger partial charge in [-0.2, -0.15) is 0 Å². The van der Waals surface area contributed by atoms with Gasteiger partial charge in [-0.25, -0.2) is 8.78 Å². The highest BCUT2D eigenvalue weighted by Gasteiger charge is 2.44. The molecule has 0 radical (unpaired) electrons. The van der Waals surface area contributed by atoms with E-state index >= 15 is 0 Å². The minimum atomic E-state index is -2.85. The first-order chi connectivity index (χ1) is 11.3. The summed E-state index contributed by atoms with van der Waals surface area (Å²) >= 11 is 3.43. The van der Waals surface area contributed by atoms with Crippen LogP contribution in [-0.2, 0) is 4.79 Å². The fourth-order valence-electron chi connectivity index (χ4n) is 2.99. The lowest BCUT2D eigenvalue weighted by Gasteiger charge is -2.37. The van der Waals surface area contributed by atoms with Crippen molar-refractivity contribution < 1.29 is 23.4 Å². The van der Waals surface area contributed by atoms with Crippen LogP contribution in [0.3, 0.4) is 0 Å². The van der Waals surface area contributed by atoms with Crippen molar-refractivity contribution in [2.24, 2.45) is 5.92 Å². The van der Waals surface area contributed by atoms with Crippen molar-refractivity contribution in [1.82, 2.24) is 4.90 Å². The Labute approximate surface area is 148 Å². The molecule has 0 aromatic heterocycles. The summed E-state index contributed by atoms with van der Waals surface area (Å²) in [5, 5.41) is 8.72. The Morgan fingerprint density at radius 2 is 2.25 bits per heavy atom. The highest BCUT2D eigenvalue weighted by atomic mass is 79.9. The number of rotatable bonds is 7. The van der Waals surface area contributed by atoms with Crippen molar-refractivity contribution in [3.8, 4) is 5.75 Å². The molecular formula is C17H22BrF2NO3. The number of hydrogen-bond donors (Lipinski definition) is 1. The van der Waals surface area contributed by atoms with Gasteiger partial charge in [0.1, 0.15) is 5.75 Å². The molecular weight excluding hydrogens is 384 g/mol. The molecule has 0 amide bonds. The van der Waals surface area contributed by atoms with Gasteiger partial charge in [-0.1, -0.05) is 22.0 Å². The van der Waals surface area contributed by atoms with Gasteiger partial charge in [-0.3, -0.25) is 9.69 Å². The predicted molar refractivity (Wildman–Crippen MR) is 90.7 cm³/mol. The summed E-state index contributed by atoms with van der Waals surface area (Å²) in [7, 11) is 0. The number of alkyl halides is 2. The monoisotopic (exact) mass is 405 g/mol. The van der Waals surface area contributed by atoms with Crippen molar-refractivity contribution in [1.29, 1.82) is 0 Å². The van der Waals surface area contributed by atoms with Gasteiger partial charge in [0, 0.05) is 16.0 Å². The Bertz CT molecular complexity index is 583. The molecule has 4 nitrogen and oxygen atoms in total. The van der Waals surface area contributed by atoms with Crippen LogP contribution >= 0.6 is 15.9 Å². The molecule has 1 aromatic carbocycles. The molecule has 0 saturated carbocycles. The first kappa shape index (κ1) is 19.1. The second kappa shape index (κ2) is 8.25. The van der Waals surface area contributed by atoms with Crippen LogP contribution < -0.4 is 4.74 Å². The molecule has 1 saturated heterocycles. The number of hydrogen-bond acceptors (Lipinski definition) is 3. The van der Waals surface area contributed by atoms with Crippen LogP contribution in [0.5, 0.6) is 5.75 Å². The molecule has 1 aliphatic heterocycles. The van der Waals surface area contributed by atoms with E-state index in [0.717, 1.165) is 15.8 Å². The van der Waals surface area contributed by atoms with E-state index in [0.29, 0.717) is 32.4 Å². The number of carboxylic acids is 1. The maximum Gasteiger partial charge on any atom is 0.317 e. The second-order valence-corrected chi connectivity index (χ2v) is 7.06. The third-order valence-electron chi connectivity index (χ3n) is 4.36. The lowest BCUT2D eigenvalue weighted by Crippen LogP contribution is -2.50. The van der Waals surface area contributed by atoms with Crippen LogP contribution in [0, 0.1) is 12.8 Å². The molecule has 24 heavy (non-hydrogen) atoms. The zero-order valence-electron chi connectivity index (χ0n) is 13.6. The van der Waals surface area contributed by atoms with Crippen LogP contribution in [0.2, 0.25) is 0 Å². The molecule has 2 rings (SSSR count). The van der Waals surface area contributed by atoms with Crippen LogP contribution in [0.25, 0.3) is 0 Å². The molecule has 134 valence electrons. The lowest BCUT2D eigenvalue weighted by molar-refractivity contribution is -0.145. The average Bonchev–Trinajstić information content (AvgIpc) is 2.48. The summed E-state index contributed by atoms with van der Waals surface area (Å²) < 4.78 is 35.0. The molecule has 0 bridgehead atoms. The van der Waals surface area contributed by atoms with Gasteiger partial charge < -0.3 is 9.84 Å². The molecule has 0 spiro atoms. The van der Waals surface area contributed by atoms with Gasteiger partial charge in [0.15, 0.2) is 0 Å². The normalized spacial score (nSPS) is 20.8. The van der Waals surface area contributed by atoms with E-state index in [1.165, 1.54) is 4.90 Å². The molecule has 1 aromatic rings. The van der Waals surface area contributed by atoms with Crippen molar-refractivity contribution in [3.63, 3.8) is 0 Å². The van der Waals surface area contributed by atoms with E-state index in [2.05, 4.69) is 15.9 Å². The largest absolute Gasteiger partial charge is 0.493 e. The Morgan fingerprint density at radius 3 is 2.92 bits per heavy atom. The van der Waals surface area contributed by atoms with Gasteiger partial charge in [-0.05, 0) is 44.9 Å². The van der Waals surface area contributed by atoms with Gasteiger partial charge in [0.2, 0.25) is 0 Å². The number of carboxylic acid groups (broad SMARTS) is 1. The Kier molecular flexibility index (Phi) is 6.57. The minimum absolute atomic E-state index is 0.316. The Morgan fingerprint density at radius 1 is 1.50 bits per heavy atom. The van der Waals surface area contributed by atoms with Crippen molar-refractivity contribution in [2.45, 2.75) is 32.1 Å². The number of likely N-dealkylation sites (tertiary alicyclic amines) is 1. The maximum absolute atomic E-state index is 14.2. The van der Waals surface area contributed by atoms with Crippen LogP contribution in [0.15, 0.2) is 22.7 Å². The maximum atomic E-state index is 14.2. The van der Waals surface area contributed by atoms with E-state index in [1.54, 1.807) is 0 Å². The Hall–Kier alpha value is -1.21. The predicted octanol–water partition coefficient (Wildman–Crippen LogP) is 3.96. The van der Waals surface area contributed by atoms with Gasteiger partial charge in [-0.15, -0.1) is 0 Å². The third kappa shape index (κ3) is 5.14. The van der Waals surface area contributed by atoms with E-state index in [-0.39, 0.29) is 6.54 Å². The summed E-state index contributed by atoms with van der Waals surface area (Å²) in [5.41, 5.74) is 0.991. The first-order valence-electron chi connectivity index (χ1n) is 7.99.